The summed E-state index contributed by atoms with van der Waals surface area (Å²) in [7, 11) is 1.95. The van der Waals surface area contributed by atoms with Gasteiger partial charge in [0.25, 0.3) is 0 Å². The third-order valence-corrected chi connectivity index (χ3v) is 3.65. The van der Waals surface area contributed by atoms with Gasteiger partial charge in [-0.3, -0.25) is 4.68 Å². The first kappa shape index (κ1) is 13.9. The van der Waals surface area contributed by atoms with Gasteiger partial charge in [-0.05, 0) is 35.2 Å². The molecule has 0 spiro atoms. The molecule has 21 heavy (non-hydrogen) atoms. The van der Waals surface area contributed by atoms with Gasteiger partial charge in [-0.1, -0.05) is 19.9 Å². The van der Waals surface area contributed by atoms with Gasteiger partial charge >= 0.3 is 0 Å². The van der Waals surface area contributed by atoms with E-state index in [1.54, 1.807) is 0 Å². The van der Waals surface area contributed by atoms with Crippen molar-refractivity contribution in [3.05, 3.63) is 54.0 Å². The minimum Gasteiger partial charge on any atom is -0.341 e. The molecule has 2 aromatic heterocycles. The number of hydrogen-bond donors (Lipinski definition) is 1. The third kappa shape index (κ3) is 3.16. The summed E-state index contributed by atoms with van der Waals surface area (Å²) in [5, 5.41) is 9.19. The highest BCUT2D eigenvalue weighted by Gasteiger charge is 2.05. The first-order valence-electron chi connectivity index (χ1n) is 7.41. The number of benzene rings is 1. The topological polar surface area (TPSA) is 34.8 Å². The van der Waals surface area contributed by atoms with Crippen molar-refractivity contribution in [3.63, 3.8) is 0 Å². The van der Waals surface area contributed by atoms with E-state index < -0.39 is 0 Å². The second-order valence-electron chi connectivity index (χ2n) is 5.85. The smallest absolute Gasteiger partial charge is 0.0821 e. The lowest BCUT2D eigenvalue weighted by atomic mass is 10.1. The molecule has 4 heteroatoms. The van der Waals surface area contributed by atoms with Crippen LogP contribution in [0.5, 0.6) is 0 Å². The Morgan fingerprint density at radius 1 is 1.14 bits per heavy atom. The zero-order valence-corrected chi connectivity index (χ0v) is 12.9. The first-order valence-corrected chi connectivity index (χ1v) is 7.41. The van der Waals surface area contributed by atoms with Crippen LogP contribution in [0.15, 0.2) is 42.7 Å². The molecule has 0 aliphatic rings. The van der Waals surface area contributed by atoms with E-state index in [1.807, 2.05) is 17.9 Å². The van der Waals surface area contributed by atoms with Gasteiger partial charge in [-0.15, -0.1) is 0 Å². The summed E-state index contributed by atoms with van der Waals surface area (Å²) in [4.78, 5) is 0. The average molecular weight is 282 g/mol. The normalized spacial score (nSPS) is 11.6. The highest BCUT2D eigenvalue weighted by atomic mass is 15.3. The largest absolute Gasteiger partial charge is 0.341 e. The summed E-state index contributed by atoms with van der Waals surface area (Å²) in [6.45, 7) is 6.07. The van der Waals surface area contributed by atoms with Gasteiger partial charge in [0, 0.05) is 37.5 Å². The summed E-state index contributed by atoms with van der Waals surface area (Å²) in [6, 6.07) is 11.4. The van der Waals surface area contributed by atoms with E-state index >= 15 is 0 Å². The molecule has 0 radical (unpaired) electrons. The van der Waals surface area contributed by atoms with Crippen LogP contribution in [0, 0.1) is 0 Å². The van der Waals surface area contributed by atoms with Crippen LogP contribution in [0.25, 0.3) is 10.9 Å². The molecule has 110 valence electrons. The molecule has 4 nitrogen and oxygen atoms in total. The van der Waals surface area contributed by atoms with Crippen molar-refractivity contribution in [1.29, 1.82) is 0 Å². The predicted molar refractivity (Wildman–Crippen MR) is 86.2 cm³/mol. The van der Waals surface area contributed by atoms with Crippen molar-refractivity contribution in [1.82, 2.24) is 19.7 Å². The Bertz CT molecular complexity index is 736. The Morgan fingerprint density at radius 3 is 2.71 bits per heavy atom. The van der Waals surface area contributed by atoms with E-state index in [0.717, 1.165) is 18.8 Å². The molecular weight excluding hydrogens is 260 g/mol. The van der Waals surface area contributed by atoms with Crippen molar-refractivity contribution in [2.45, 2.75) is 33.0 Å². The third-order valence-electron chi connectivity index (χ3n) is 3.65. The van der Waals surface area contributed by atoms with Gasteiger partial charge in [-0.2, -0.15) is 5.10 Å². The summed E-state index contributed by atoms with van der Waals surface area (Å²) in [6.07, 6.45) is 4.12. The molecule has 0 unspecified atom stereocenters. The average Bonchev–Trinajstić information content (AvgIpc) is 3.04. The number of rotatable bonds is 5. The molecule has 0 saturated heterocycles. The van der Waals surface area contributed by atoms with Crippen LogP contribution in [0.2, 0.25) is 0 Å². The molecule has 2 heterocycles. The van der Waals surface area contributed by atoms with E-state index in [1.165, 1.54) is 16.5 Å². The lowest BCUT2D eigenvalue weighted by molar-refractivity contribution is 0.589. The lowest BCUT2D eigenvalue weighted by Crippen LogP contribution is -2.21. The Labute approximate surface area is 125 Å². The Kier molecular flexibility index (Phi) is 3.80. The number of hydrogen-bond acceptors (Lipinski definition) is 2. The Hall–Kier alpha value is -2.07. The summed E-state index contributed by atoms with van der Waals surface area (Å²) >= 11 is 0. The van der Waals surface area contributed by atoms with E-state index in [4.69, 9.17) is 0 Å². The fourth-order valence-electron chi connectivity index (χ4n) is 2.54. The Morgan fingerprint density at radius 2 is 2.00 bits per heavy atom. The van der Waals surface area contributed by atoms with Crippen molar-refractivity contribution in [2.75, 3.05) is 0 Å². The predicted octanol–water partition coefficient (Wildman–Crippen LogP) is 2.92. The molecule has 0 aliphatic heterocycles. The molecule has 3 rings (SSSR count). The summed E-state index contributed by atoms with van der Waals surface area (Å²) in [5.41, 5.74) is 3.67. The van der Waals surface area contributed by atoms with Crippen LogP contribution in [0.1, 0.15) is 25.1 Å². The maximum Gasteiger partial charge on any atom is 0.0821 e. The van der Waals surface area contributed by atoms with E-state index in [9.17, 15) is 0 Å². The van der Waals surface area contributed by atoms with Gasteiger partial charge in [0.05, 0.1) is 12.2 Å². The zero-order chi connectivity index (χ0) is 14.8. The monoisotopic (exact) mass is 282 g/mol. The van der Waals surface area contributed by atoms with Crippen LogP contribution in [0.4, 0.5) is 0 Å². The van der Waals surface area contributed by atoms with Crippen LogP contribution in [0.3, 0.4) is 0 Å². The Balaban J connectivity index is 1.82. The molecule has 0 amide bonds. The van der Waals surface area contributed by atoms with Crippen molar-refractivity contribution >= 4 is 10.9 Å². The van der Waals surface area contributed by atoms with Crippen LogP contribution in [-0.4, -0.2) is 20.4 Å². The fraction of sp³-hybridized carbons (Fsp3) is 0.353. The fourth-order valence-corrected chi connectivity index (χ4v) is 2.54. The standard InChI is InChI=1S/C17H22N4/c1-13(2)18-11-14-4-5-17-15(10-14)6-9-21(17)12-16-7-8-20(3)19-16/h4-10,13,18H,11-12H2,1-3H3. The molecule has 0 saturated carbocycles. The zero-order valence-electron chi connectivity index (χ0n) is 12.9. The van der Waals surface area contributed by atoms with Crippen LogP contribution in [-0.2, 0) is 20.1 Å². The number of aryl methyl sites for hydroxylation is 1. The second kappa shape index (κ2) is 5.74. The van der Waals surface area contributed by atoms with Gasteiger partial charge in [0.1, 0.15) is 0 Å². The maximum absolute atomic E-state index is 4.44. The molecule has 0 bridgehead atoms. The SMILES string of the molecule is CC(C)NCc1ccc2c(ccn2Cc2ccn(C)n2)c1. The van der Waals surface area contributed by atoms with Gasteiger partial charge in [-0.25, -0.2) is 0 Å². The van der Waals surface area contributed by atoms with Gasteiger partial charge in [0.15, 0.2) is 0 Å². The molecule has 0 fully saturated rings. The van der Waals surface area contributed by atoms with Crippen molar-refractivity contribution in [3.8, 4) is 0 Å². The number of fused-ring (bicyclic) bond motifs is 1. The van der Waals surface area contributed by atoms with E-state index in [-0.39, 0.29) is 0 Å². The summed E-state index contributed by atoms with van der Waals surface area (Å²) in [5.74, 6) is 0. The number of aromatic nitrogens is 3. The second-order valence-corrected chi connectivity index (χ2v) is 5.85. The minimum absolute atomic E-state index is 0.509. The van der Waals surface area contributed by atoms with Crippen LogP contribution < -0.4 is 5.32 Å². The molecule has 0 atom stereocenters. The van der Waals surface area contributed by atoms with E-state index in [2.05, 4.69) is 65.4 Å². The molecule has 0 aliphatic carbocycles. The van der Waals surface area contributed by atoms with Crippen molar-refractivity contribution in [2.24, 2.45) is 7.05 Å². The van der Waals surface area contributed by atoms with Gasteiger partial charge in [0.2, 0.25) is 0 Å². The lowest BCUT2D eigenvalue weighted by Gasteiger charge is -2.09. The van der Waals surface area contributed by atoms with E-state index in [0.29, 0.717) is 6.04 Å². The van der Waals surface area contributed by atoms with Gasteiger partial charge < -0.3 is 9.88 Å². The molecule has 1 aromatic carbocycles. The highest BCUT2D eigenvalue weighted by Crippen LogP contribution is 2.19. The molecule has 1 N–H and O–H groups in total. The maximum atomic E-state index is 4.44. The molecular formula is C17H22N4. The minimum atomic E-state index is 0.509. The number of nitrogens with one attached hydrogen (secondary N) is 1. The highest BCUT2D eigenvalue weighted by molar-refractivity contribution is 5.81. The quantitative estimate of drug-likeness (QED) is 0.781. The van der Waals surface area contributed by atoms with Crippen molar-refractivity contribution < 1.29 is 0 Å². The molecule has 3 aromatic rings. The van der Waals surface area contributed by atoms with Crippen LogP contribution >= 0.6 is 0 Å². The first-order chi connectivity index (χ1) is 10.1. The number of nitrogens with zero attached hydrogens (tertiary/aromatic N) is 3. The summed E-state index contributed by atoms with van der Waals surface area (Å²) < 4.78 is 4.09.